The lowest BCUT2D eigenvalue weighted by atomic mass is 9.91. The summed E-state index contributed by atoms with van der Waals surface area (Å²) in [6.07, 6.45) is 3.14. The van der Waals surface area contributed by atoms with Crippen LogP contribution in [0.5, 0.6) is 0 Å². The number of hydrogen-bond acceptors (Lipinski definition) is 3. The van der Waals surface area contributed by atoms with E-state index in [4.69, 9.17) is 0 Å². The highest BCUT2D eigenvalue weighted by molar-refractivity contribution is 5.80. The van der Waals surface area contributed by atoms with E-state index in [0.717, 1.165) is 25.8 Å². The van der Waals surface area contributed by atoms with Gasteiger partial charge in [-0.05, 0) is 52.1 Å². The molecular weight excluding hydrogens is 228 g/mol. The molecule has 0 aromatic rings. The first kappa shape index (κ1) is 15.4. The van der Waals surface area contributed by atoms with Crippen LogP contribution in [0.4, 0.5) is 0 Å². The molecule has 0 saturated heterocycles. The molecule has 4 nitrogen and oxygen atoms in total. The lowest BCUT2D eigenvalue weighted by Crippen LogP contribution is -2.61. The number of hydrogen-bond donors (Lipinski definition) is 2. The van der Waals surface area contributed by atoms with Gasteiger partial charge < -0.3 is 10.4 Å². The third-order valence-corrected chi connectivity index (χ3v) is 3.84. The molecule has 0 heterocycles. The minimum absolute atomic E-state index is 0.299. The van der Waals surface area contributed by atoms with Crippen LogP contribution in [0.1, 0.15) is 47.0 Å². The van der Waals surface area contributed by atoms with Crippen LogP contribution < -0.4 is 5.32 Å². The molecule has 4 heteroatoms. The fourth-order valence-corrected chi connectivity index (χ4v) is 2.67. The van der Waals surface area contributed by atoms with Crippen molar-refractivity contribution in [1.29, 1.82) is 0 Å². The summed E-state index contributed by atoms with van der Waals surface area (Å²) in [6, 6.07) is 0.390. The number of carboxylic acids is 1. The average molecular weight is 256 g/mol. The van der Waals surface area contributed by atoms with Gasteiger partial charge >= 0.3 is 5.97 Å². The van der Waals surface area contributed by atoms with Crippen molar-refractivity contribution in [2.24, 2.45) is 5.92 Å². The minimum Gasteiger partial charge on any atom is -0.480 e. The van der Waals surface area contributed by atoms with E-state index in [0.29, 0.717) is 25.0 Å². The first-order valence-electron chi connectivity index (χ1n) is 7.20. The Morgan fingerprint density at radius 1 is 1.44 bits per heavy atom. The Morgan fingerprint density at radius 3 is 2.39 bits per heavy atom. The summed E-state index contributed by atoms with van der Waals surface area (Å²) in [5.74, 6) is -0.387. The zero-order valence-electron chi connectivity index (χ0n) is 12.2. The van der Waals surface area contributed by atoms with Crippen LogP contribution in [0.15, 0.2) is 0 Å². The van der Waals surface area contributed by atoms with Gasteiger partial charge in [0.05, 0.1) is 0 Å². The second-order valence-corrected chi connectivity index (χ2v) is 5.65. The summed E-state index contributed by atoms with van der Waals surface area (Å²) in [5.41, 5.74) is -0.742. The van der Waals surface area contributed by atoms with E-state index in [2.05, 4.69) is 31.0 Å². The molecular formula is C14H28N2O2. The molecule has 0 aliphatic heterocycles. The number of carbonyl (C=O) groups is 1. The summed E-state index contributed by atoms with van der Waals surface area (Å²) in [5, 5.41) is 12.9. The van der Waals surface area contributed by atoms with E-state index >= 15 is 0 Å². The first-order valence-corrected chi connectivity index (χ1v) is 7.20. The van der Waals surface area contributed by atoms with Gasteiger partial charge in [0.25, 0.3) is 0 Å². The number of nitrogens with one attached hydrogen (secondary N) is 1. The summed E-state index contributed by atoms with van der Waals surface area (Å²) in [6.45, 7) is 10.7. The molecule has 1 atom stereocenters. The summed E-state index contributed by atoms with van der Waals surface area (Å²) in [7, 11) is 0. The molecule has 0 amide bonds. The van der Waals surface area contributed by atoms with Crippen molar-refractivity contribution in [1.82, 2.24) is 10.2 Å². The van der Waals surface area contributed by atoms with Gasteiger partial charge in [0.15, 0.2) is 0 Å². The highest BCUT2D eigenvalue weighted by Gasteiger charge is 2.51. The van der Waals surface area contributed by atoms with Crippen molar-refractivity contribution in [3.8, 4) is 0 Å². The van der Waals surface area contributed by atoms with Crippen LogP contribution >= 0.6 is 0 Å². The van der Waals surface area contributed by atoms with Gasteiger partial charge in [-0.2, -0.15) is 0 Å². The number of nitrogens with zero attached hydrogens (tertiary/aromatic N) is 1. The van der Waals surface area contributed by atoms with Crippen molar-refractivity contribution in [3.63, 3.8) is 0 Å². The van der Waals surface area contributed by atoms with Crippen molar-refractivity contribution in [2.75, 3.05) is 19.6 Å². The maximum atomic E-state index is 11.8. The molecule has 0 aromatic heterocycles. The third kappa shape index (κ3) is 3.45. The van der Waals surface area contributed by atoms with Crippen LogP contribution in [0, 0.1) is 5.92 Å². The van der Waals surface area contributed by atoms with Crippen molar-refractivity contribution >= 4 is 5.97 Å². The van der Waals surface area contributed by atoms with Crippen LogP contribution in [0.25, 0.3) is 0 Å². The molecule has 1 aliphatic rings. The van der Waals surface area contributed by atoms with Crippen molar-refractivity contribution in [3.05, 3.63) is 0 Å². The molecule has 1 rings (SSSR count). The quantitative estimate of drug-likeness (QED) is 0.662. The van der Waals surface area contributed by atoms with Crippen molar-refractivity contribution < 1.29 is 9.90 Å². The van der Waals surface area contributed by atoms with E-state index in [9.17, 15) is 9.90 Å². The largest absolute Gasteiger partial charge is 0.480 e. The maximum Gasteiger partial charge on any atom is 0.325 e. The predicted octanol–water partition coefficient (Wildman–Crippen LogP) is 1.95. The molecule has 1 saturated carbocycles. The molecule has 1 fully saturated rings. The van der Waals surface area contributed by atoms with E-state index in [1.165, 1.54) is 0 Å². The second-order valence-electron chi connectivity index (χ2n) is 5.65. The van der Waals surface area contributed by atoms with Gasteiger partial charge in [0, 0.05) is 12.6 Å². The topological polar surface area (TPSA) is 52.6 Å². The first-order chi connectivity index (χ1) is 8.47. The number of rotatable bonds is 9. The summed E-state index contributed by atoms with van der Waals surface area (Å²) in [4.78, 5) is 14.1. The minimum atomic E-state index is -0.742. The lowest BCUT2D eigenvalue weighted by Gasteiger charge is -2.38. The predicted molar refractivity (Wildman–Crippen MR) is 73.8 cm³/mol. The molecule has 0 radical (unpaired) electrons. The Hall–Kier alpha value is -0.610. The molecule has 0 spiro atoms. The monoisotopic (exact) mass is 256 g/mol. The van der Waals surface area contributed by atoms with Crippen LogP contribution in [-0.4, -0.2) is 47.2 Å². The molecule has 2 N–H and O–H groups in total. The van der Waals surface area contributed by atoms with E-state index in [-0.39, 0.29) is 0 Å². The Morgan fingerprint density at radius 2 is 2.06 bits per heavy atom. The van der Waals surface area contributed by atoms with Gasteiger partial charge in [-0.1, -0.05) is 13.8 Å². The van der Waals surface area contributed by atoms with E-state index < -0.39 is 11.5 Å². The molecule has 0 bridgehead atoms. The van der Waals surface area contributed by atoms with Crippen molar-refractivity contribution in [2.45, 2.75) is 58.5 Å². The summed E-state index contributed by atoms with van der Waals surface area (Å²) < 4.78 is 0. The molecule has 1 aliphatic carbocycles. The standard InChI is InChI=1S/C14H28N2O2/c1-5-9-16(11(3)4)10-14(13(17)18,15-6-2)12-7-8-12/h11-12,15H,5-10H2,1-4H3,(H,17,18). The Bertz CT molecular complexity index is 277. The van der Waals surface area contributed by atoms with Gasteiger partial charge in [-0.3, -0.25) is 9.69 Å². The number of carboxylic acid groups (broad SMARTS) is 1. The molecule has 1 unspecified atom stereocenters. The van der Waals surface area contributed by atoms with Crippen LogP contribution in [-0.2, 0) is 4.79 Å². The third-order valence-electron chi connectivity index (χ3n) is 3.84. The lowest BCUT2D eigenvalue weighted by molar-refractivity contribution is -0.147. The Labute approximate surface area is 111 Å². The number of likely N-dealkylation sites (N-methyl/N-ethyl adjacent to an activating group) is 1. The average Bonchev–Trinajstić information content (AvgIpc) is 3.10. The SMILES string of the molecule is CCCN(CC(NCC)(C(=O)O)C1CC1)C(C)C. The molecule has 18 heavy (non-hydrogen) atoms. The van der Waals surface area contributed by atoms with Gasteiger partial charge in [0.2, 0.25) is 0 Å². The molecule has 0 aromatic carbocycles. The van der Waals surface area contributed by atoms with E-state index in [1.807, 2.05) is 6.92 Å². The summed E-state index contributed by atoms with van der Waals surface area (Å²) >= 11 is 0. The fourth-order valence-electron chi connectivity index (χ4n) is 2.67. The Balaban J connectivity index is 2.84. The van der Waals surface area contributed by atoms with Gasteiger partial charge in [-0.25, -0.2) is 0 Å². The van der Waals surface area contributed by atoms with Gasteiger partial charge in [0.1, 0.15) is 5.54 Å². The number of aliphatic carboxylic acids is 1. The second kappa shape index (κ2) is 6.53. The Kier molecular flexibility index (Phi) is 5.60. The molecule has 106 valence electrons. The smallest absolute Gasteiger partial charge is 0.325 e. The van der Waals surface area contributed by atoms with Crippen LogP contribution in [0.3, 0.4) is 0 Å². The van der Waals surface area contributed by atoms with Gasteiger partial charge in [-0.15, -0.1) is 0 Å². The fraction of sp³-hybridized carbons (Fsp3) is 0.929. The van der Waals surface area contributed by atoms with E-state index in [1.54, 1.807) is 0 Å². The van der Waals surface area contributed by atoms with Crippen LogP contribution in [0.2, 0.25) is 0 Å². The highest BCUT2D eigenvalue weighted by atomic mass is 16.4. The zero-order valence-corrected chi connectivity index (χ0v) is 12.2. The highest BCUT2D eigenvalue weighted by Crippen LogP contribution is 2.40. The zero-order chi connectivity index (χ0) is 13.8. The maximum absolute atomic E-state index is 11.8. The normalized spacial score (nSPS) is 19.2.